The Balaban J connectivity index is 2.19. The molecule has 0 aliphatic rings. The smallest absolute Gasteiger partial charge is 0.137 e. The highest BCUT2D eigenvalue weighted by Gasteiger charge is 2.07. The van der Waals surface area contributed by atoms with E-state index in [-0.39, 0.29) is 0 Å². The molecule has 1 heterocycles. The van der Waals surface area contributed by atoms with Crippen molar-refractivity contribution in [2.75, 3.05) is 0 Å². The monoisotopic (exact) mass is 229 g/mol. The molecule has 0 saturated heterocycles. The van der Waals surface area contributed by atoms with Crippen LogP contribution in [0.15, 0.2) is 30.6 Å². The van der Waals surface area contributed by atoms with Crippen molar-refractivity contribution in [3.8, 4) is 0 Å². The summed E-state index contributed by atoms with van der Waals surface area (Å²) >= 11 is 0. The highest BCUT2D eigenvalue weighted by molar-refractivity contribution is 5.28. The third-order valence-electron chi connectivity index (χ3n) is 2.87. The van der Waals surface area contributed by atoms with Gasteiger partial charge in [0.15, 0.2) is 0 Å². The summed E-state index contributed by atoms with van der Waals surface area (Å²) in [6, 6.07) is 8.44. The molecule has 0 spiro atoms. The van der Waals surface area contributed by atoms with Crippen molar-refractivity contribution < 1.29 is 0 Å². The molecule has 0 radical (unpaired) electrons. The lowest BCUT2D eigenvalue weighted by Gasteiger charge is -2.10. The Kier molecular flexibility index (Phi) is 3.57. The van der Waals surface area contributed by atoms with Gasteiger partial charge >= 0.3 is 0 Å². The van der Waals surface area contributed by atoms with Gasteiger partial charge in [0.1, 0.15) is 12.2 Å². The number of benzene rings is 1. The van der Waals surface area contributed by atoms with Crippen LogP contribution in [0.25, 0.3) is 0 Å². The average Bonchev–Trinajstić information content (AvgIpc) is 2.68. The van der Waals surface area contributed by atoms with E-state index in [9.17, 15) is 0 Å². The van der Waals surface area contributed by atoms with Crippen LogP contribution in [-0.4, -0.2) is 14.8 Å². The maximum atomic E-state index is 4.22. The molecule has 0 amide bonds. The fraction of sp³-hybridized carbons (Fsp3) is 0.429. The normalized spacial score (nSPS) is 11.1. The summed E-state index contributed by atoms with van der Waals surface area (Å²) in [5.74, 6) is 1.66. The van der Waals surface area contributed by atoms with Gasteiger partial charge in [-0.3, -0.25) is 0 Å². The van der Waals surface area contributed by atoms with E-state index in [1.807, 2.05) is 6.33 Å². The molecular formula is C14H19N3. The molecule has 1 aromatic carbocycles. The molecule has 3 nitrogen and oxygen atoms in total. The number of nitrogens with zero attached hydrogens (tertiary/aromatic N) is 3. The van der Waals surface area contributed by atoms with Crippen LogP contribution in [0.3, 0.4) is 0 Å². The summed E-state index contributed by atoms with van der Waals surface area (Å²) in [4.78, 5) is 0. The zero-order chi connectivity index (χ0) is 12.3. The summed E-state index contributed by atoms with van der Waals surface area (Å²) in [7, 11) is 0. The molecule has 0 aliphatic heterocycles. The first-order valence-electron chi connectivity index (χ1n) is 6.08. The zero-order valence-corrected chi connectivity index (χ0v) is 10.7. The first-order chi connectivity index (χ1) is 8.16. The lowest BCUT2D eigenvalue weighted by atomic mass is 10.1. The fourth-order valence-electron chi connectivity index (χ4n) is 1.94. The third kappa shape index (κ3) is 2.93. The van der Waals surface area contributed by atoms with Gasteiger partial charge in [0, 0.05) is 13.0 Å². The summed E-state index contributed by atoms with van der Waals surface area (Å²) in [5, 5.41) is 8.23. The average molecular weight is 229 g/mol. The van der Waals surface area contributed by atoms with Gasteiger partial charge in [-0.05, 0) is 24.0 Å². The fourth-order valence-corrected chi connectivity index (χ4v) is 1.94. The molecule has 2 aromatic rings. The first-order valence-corrected chi connectivity index (χ1v) is 6.08. The van der Waals surface area contributed by atoms with Crippen molar-refractivity contribution in [2.24, 2.45) is 5.92 Å². The van der Waals surface area contributed by atoms with Gasteiger partial charge in [-0.2, -0.15) is 0 Å². The molecule has 0 N–H and O–H groups in total. The first kappa shape index (κ1) is 11.8. The van der Waals surface area contributed by atoms with Crippen LogP contribution in [-0.2, 0) is 13.0 Å². The van der Waals surface area contributed by atoms with Gasteiger partial charge in [-0.1, -0.05) is 38.1 Å². The van der Waals surface area contributed by atoms with Crippen molar-refractivity contribution in [2.45, 2.75) is 33.7 Å². The van der Waals surface area contributed by atoms with Crippen molar-refractivity contribution >= 4 is 0 Å². The number of aromatic nitrogens is 3. The van der Waals surface area contributed by atoms with Crippen LogP contribution in [0, 0.1) is 12.8 Å². The second kappa shape index (κ2) is 5.13. The van der Waals surface area contributed by atoms with Crippen molar-refractivity contribution in [3.05, 3.63) is 47.5 Å². The Bertz CT molecular complexity index is 486. The minimum absolute atomic E-state index is 0.613. The topological polar surface area (TPSA) is 30.7 Å². The van der Waals surface area contributed by atoms with Gasteiger partial charge in [-0.25, -0.2) is 0 Å². The number of hydrogen-bond acceptors (Lipinski definition) is 2. The summed E-state index contributed by atoms with van der Waals surface area (Å²) < 4.78 is 2.15. The number of hydrogen-bond donors (Lipinski definition) is 0. The van der Waals surface area contributed by atoms with Crippen LogP contribution < -0.4 is 0 Å². The Morgan fingerprint density at radius 1 is 1.24 bits per heavy atom. The van der Waals surface area contributed by atoms with E-state index in [0.717, 1.165) is 18.8 Å². The predicted molar refractivity (Wildman–Crippen MR) is 68.8 cm³/mol. The molecule has 17 heavy (non-hydrogen) atoms. The van der Waals surface area contributed by atoms with E-state index in [1.54, 1.807) is 0 Å². The summed E-state index contributed by atoms with van der Waals surface area (Å²) in [6.07, 6.45) is 2.69. The highest BCUT2D eigenvalue weighted by Crippen LogP contribution is 2.12. The molecule has 0 aliphatic carbocycles. The largest absolute Gasteiger partial charge is 0.317 e. The quantitative estimate of drug-likeness (QED) is 0.807. The molecule has 0 atom stereocenters. The van der Waals surface area contributed by atoms with Gasteiger partial charge in [0.25, 0.3) is 0 Å². The second-order valence-corrected chi connectivity index (χ2v) is 4.90. The van der Waals surface area contributed by atoms with Crippen LogP contribution >= 0.6 is 0 Å². The molecule has 3 heteroatoms. The van der Waals surface area contributed by atoms with Gasteiger partial charge in [-0.15, -0.1) is 10.2 Å². The van der Waals surface area contributed by atoms with E-state index >= 15 is 0 Å². The van der Waals surface area contributed by atoms with E-state index in [1.165, 1.54) is 11.1 Å². The second-order valence-electron chi connectivity index (χ2n) is 4.90. The summed E-state index contributed by atoms with van der Waals surface area (Å²) in [5.41, 5.74) is 2.64. The summed E-state index contributed by atoms with van der Waals surface area (Å²) in [6.45, 7) is 7.53. The SMILES string of the molecule is Cc1ccccc1Cc1nncn1CC(C)C. The minimum atomic E-state index is 0.613. The molecule has 0 bridgehead atoms. The lowest BCUT2D eigenvalue weighted by molar-refractivity contribution is 0.509. The molecular weight excluding hydrogens is 210 g/mol. The number of aryl methyl sites for hydroxylation is 1. The van der Waals surface area contributed by atoms with Crippen LogP contribution in [0.5, 0.6) is 0 Å². The molecule has 2 rings (SSSR count). The van der Waals surface area contributed by atoms with Crippen LogP contribution in [0.4, 0.5) is 0 Å². The Labute approximate surface area is 103 Å². The van der Waals surface area contributed by atoms with E-state index in [4.69, 9.17) is 0 Å². The lowest BCUT2D eigenvalue weighted by Crippen LogP contribution is -2.08. The van der Waals surface area contributed by atoms with Crippen molar-refractivity contribution in [1.29, 1.82) is 0 Å². The van der Waals surface area contributed by atoms with E-state index in [2.05, 4.69) is 59.8 Å². The third-order valence-corrected chi connectivity index (χ3v) is 2.87. The molecule has 0 fully saturated rings. The van der Waals surface area contributed by atoms with Crippen LogP contribution in [0.1, 0.15) is 30.8 Å². The molecule has 90 valence electrons. The number of rotatable bonds is 4. The van der Waals surface area contributed by atoms with Crippen molar-refractivity contribution in [1.82, 2.24) is 14.8 Å². The maximum absolute atomic E-state index is 4.22. The molecule has 1 aromatic heterocycles. The van der Waals surface area contributed by atoms with Crippen molar-refractivity contribution in [3.63, 3.8) is 0 Å². The highest BCUT2D eigenvalue weighted by atomic mass is 15.3. The Hall–Kier alpha value is -1.64. The Morgan fingerprint density at radius 2 is 2.00 bits per heavy atom. The zero-order valence-electron chi connectivity index (χ0n) is 10.7. The van der Waals surface area contributed by atoms with Gasteiger partial charge in [0.05, 0.1) is 0 Å². The molecule has 0 unspecified atom stereocenters. The van der Waals surface area contributed by atoms with E-state index < -0.39 is 0 Å². The molecule has 0 saturated carbocycles. The standard InChI is InChI=1S/C14H19N3/c1-11(2)9-17-10-15-16-14(17)8-13-7-5-4-6-12(13)3/h4-7,10-11H,8-9H2,1-3H3. The van der Waals surface area contributed by atoms with Gasteiger partial charge in [0.2, 0.25) is 0 Å². The van der Waals surface area contributed by atoms with Gasteiger partial charge < -0.3 is 4.57 Å². The van der Waals surface area contributed by atoms with Crippen LogP contribution in [0.2, 0.25) is 0 Å². The van der Waals surface area contributed by atoms with E-state index in [0.29, 0.717) is 5.92 Å². The minimum Gasteiger partial charge on any atom is -0.317 e. The Morgan fingerprint density at radius 3 is 2.71 bits per heavy atom. The predicted octanol–water partition coefficient (Wildman–Crippen LogP) is 2.83. The maximum Gasteiger partial charge on any atom is 0.137 e.